The molecule has 3 heteroatoms. The minimum absolute atomic E-state index is 0.154. The Bertz CT molecular complexity index is 435. The molecule has 20 heavy (non-hydrogen) atoms. The van der Waals surface area contributed by atoms with Crippen molar-refractivity contribution in [1.82, 2.24) is 5.43 Å². The third kappa shape index (κ3) is 3.05. The van der Waals surface area contributed by atoms with Crippen LogP contribution in [-0.4, -0.2) is 12.2 Å². The van der Waals surface area contributed by atoms with Crippen molar-refractivity contribution in [2.75, 3.05) is 0 Å². The Kier molecular flexibility index (Phi) is 5.19. The van der Waals surface area contributed by atoms with E-state index < -0.39 is 0 Å². The zero-order valence-corrected chi connectivity index (χ0v) is 13.1. The summed E-state index contributed by atoms with van der Waals surface area (Å²) in [5, 5.41) is 0. The molecule has 0 spiro atoms. The van der Waals surface area contributed by atoms with E-state index in [0.29, 0.717) is 17.9 Å². The van der Waals surface area contributed by atoms with E-state index in [4.69, 9.17) is 10.6 Å². The van der Waals surface area contributed by atoms with Crippen molar-refractivity contribution in [3.63, 3.8) is 0 Å². The van der Waals surface area contributed by atoms with Crippen LogP contribution in [0.4, 0.5) is 0 Å². The van der Waals surface area contributed by atoms with Crippen LogP contribution >= 0.6 is 0 Å². The van der Waals surface area contributed by atoms with Crippen molar-refractivity contribution < 1.29 is 4.74 Å². The quantitative estimate of drug-likeness (QED) is 0.641. The predicted octanol–water partition coefficient (Wildman–Crippen LogP) is 3.20. The summed E-state index contributed by atoms with van der Waals surface area (Å²) in [7, 11) is 0. The molecule has 3 N–H and O–H groups in total. The normalized spacial score (nSPS) is 31.4. The molecule has 2 rings (SSSR count). The van der Waals surface area contributed by atoms with Gasteiger partial charge in [0.25, 0.3) is 0 Å². The maximum Gasteiger partial charge on any atom is 0.0601 e. The van der Waals surface area contributed by atoms with Gasteiger partial charge in [-0.3, -0.25) is 11.3 Å². The second kappa shape index (κ2) is 6.70. The van der Waals surface area contributed by atoms with E-state index in [0.717, 1.165) is 6.42 Å². The Morgan fingerprint density at radius 2 is 2.00 bits per heavy atom. The highest BCUT2D eigenvalue weighted by Gasteiger charge is 2.41. The first-order chi connectivity index (χ1) is 9.58. The molecule has 0 radical (unpaired) electrons. The Morgan fingerprint density at radius 1 is 1.25 bits per heavy atom. The fraction of sp³-hybridized carbons (Fsp3) is 0.647. The zero-order chi connectivity index (χ0) is 14.7. The highest BCUT2D eigenvalue weighted by atomic mass is 16.5. The van der Waals surface area contributed by atoms with E-state index in [1.54, 1.807) is 0 Å². The lowest BCUT2D eigenvalue weighted by atomic mass is 9.80. The van der Waals surface area contributed by atoms with Crippen molar-refractivity contribution in [3.05, 3.63) is 35.4 Å². The minimum atomic E-state index is 0.154. The van der Waals surface area contributed by atoms with Gasteiger partial charge in [-0.1, -0.05) is 44.5 Å². The summed E-state index contributed by atoms with van der Waals surface area (Å²) >= 11 is 0. The van der Waals surface area contributed by atoms with Gasteiger partial charge in [-0.15, -0.1) is 0 Å². The molecule has 5 atom stereocenters. The number of hydrogen-bond acceptors (Lipinski definition) is 3. The van der Waals surface area contributed by atoms with Crippen LogP contribution in [0.15, 0.2) is 24.3 Å². The molecular weight excluding hydrogens is 248 g/mol. The van der Waals surface area contributed by atoms with E-state index in [1.165, 1.54) is 17.5 Å². The second-order valence-corrected chi connectivity index (χ2v) is 6.12. The highest BCUT2D eigenvalue weighted by molar-refractivity contribution is 5.27. The zero-order valence-electron chi connectivity index (χ0n) is 13.1. The van der Waals surface area contributed by atoms with E-state index in [-0.39, 0.29) is 12.1 Å². The first-order valence-electron chi connectivity index (χ1n) is 7.78. The van der Waals surface area contributed by atoms with E-state index in [1.807, 2.05) is 0 Å². The predicted molar refractivity (Wildman–Crippen MR) is 83.2 cm³/mol. The molecule has 3 nitrogen and oxygen atoms in total. The summed E-state index contributed by atoms with van der Waals surface area (Å²) < 4.78 is 5.97. The Labute approximate surface area is 122 Å². The molecule has 1 heterocycles. The van der Waals surface area contributed by atoms with Gasteiger partial charge in [-0.2, -0.15) is 0 Å². The molecule has 0 amide bonds. The molecule has 1 aliphatic rings. The number of nitrogens with two attached hydrogens (primary N) is 1. The number of benzene rings is 1. The summed E-state index contributed by atoms with van der Waals surface area (Å²) in [5.41, 5.74) is 5.70. The van der Waals surface area contributed by atoms with E-state index in [9.17, 15) is 0 Å². The second-order valence-electron chi connectivity index (χ2n) is 6.12. The summed E-state index contributed by atoms with van der Waals surface area (Å²) in [6.45, 7) is 8.79. The Morgan fingerprint density at radius 3 is 2.55 bits per heavy atom. The standard InChI is InChI=1S/C17H28N2O/c1-5-7-14-8-6-9-15(10-14)17(19-18)16-11(2)12(3)20-13(16)4/h6,8-13,16-17,19H,5,7,18H2,1-4H3. The Hall–Kier alpha value is -0.900. The topological polar surface area (TPSA) is 47.3 Å². The van der Waals surface area contributed by atoms with Crippen LogP contribution in [0.2, 0.25) is 0 Å². The molecule has 1 aliphatic heterocycles. The van der Waals surface area contributed by atoms with Gasteiger partial charge >= 0.3 is 0 Å². The monoisotopic (exact) mass is 276 g/mol. The largest absolute Gasteiger partial charge is 0.375 e. The van der Waals surface area contributed by atoms with Crippen LogP contribution in [0.25, 0.3) is 0 Å². The summed E-state index contributed by atoms with van der Waals surface area (Å²) in [6.07, 6.45) is 2.81. The molecule has 1 aromatic carbocycles. The van der Waals surface area contributed by atoms with E-state index >= 15 is 0 Å². The van der Waals surface area contributed by atoms with Crippen LogP contribution in [-0.2, 0) is 11.2 Å². The average molecular weight is 276 g/mol. The van der Waals surface area contributed by atoms with Gasteiger partial charge in [0.05, 0.1) is 18.2 Å². The number of ether oxygens (including phenoxy) is 1. The first kappa shape index (κ1) is 15.5. The van der Waals surface area contributed by atoms with Crippen molar-refractivity contribution in [3.8, 4) is 0 Å². The van der Waals surface area contributed by atoms with Crippen molar-refractivity contribution >= 4 is 0 Å². The lowest BCUT2D eigenvalue weighted by Crippen LogP contribution is -2.38. The molecule has 1 aromatic rings. The highest BCUT2D eigenvalue weighted by Crippen LogP contribution is 2.40. The van der Waals surface area contributed by atoms with Gasteiger partial charge in [0.1, 0.15) is 0 Å². The molecule has 112 valence electrons. The molecule has 0 aromatic heterocycles. The number of aryl methyl sites for hydroxylation is 1. The number of rotatable bonds is 5. The fourth-order valence-corrected chi connectivity index (χ4v) is 3.53. The van der Waals surface area contributed by atoms with Crippen LogP contribution in [0, 0.1) is 11.8 Å². The smallest absolute Gasteiger partial charge is 0.0601 e. The molecule has 0 aliphatic carbocycles. The molecule has 1 saturated heterocycles. The molecule has 1 fully saturated rings. The van der Waals surface area contributed by atoms with Crippen LogP contribution in [0.5, 0.6) is 0 Å². The third-order valence-electron chi connectivity index (χ3n) is 4.73. The summed E-state index contributed by atoms with van der Waals surface area (Å²) in [5.74, 6) is 6.78. The van der Waals surface area contributed by atoms with Gasteiger partial charge in [0.15, 0.2) is 0 Å². The molecule has 5 unspecified atom stereocenters. The number of hydrogen-bond donors (Lipinski definition) is 2. The third-order valence-corrected chi connectivity index (χ3v) is 4.73. The maximum absolute atomic E-state index is 5.97. The van der Waals surface area contributed by atoms with Gasteiger partial charge in [-0.25, -0.2) is 0 Å². The average Bonchev–Trinajstić information content (AvgIpc) is 2.67. The van der Waals surface area contributed by atoms with Crippen LogP contribution in [0.3, 0.4) is 0 Å². The maximum atomic E-state index is 5.97. The lowest BCUT2D eigenvalue weighted by molar-refractivity contribution is 0.0475. The van der Waals surface area contributed by atoms with Crippen molar-refractivity contribution in [1.29, 1.82) is 0 Å². The summed E-state index contributed by atoms with van der Waals surface area (Å²) in [6, 6.07) is 8.95. The van der Waals surface area contributed by atoms with Gasteiger partial charge < -0.3 is 4.74 Å². The first-order valence-corrected chi connectivity index (χ1v) is 7.78. The Balaban J connectivity index is 2.25. The van der Waals surface area contributed by atoms with Gasteiger partial charge in [0.2, 0.25) is 0 Å². The minimum Gasteiger partial charge on any atom is -0.375 e. The van der Waals surface area contributed by atoms with Gasteiger partial charge in [0, 0.05) is 5.92 Å². The number of nitrogens with one attached hydrogen (secondary N) is 1. The molecular formula is C17H28N2O. The van der Waals surface area contributed by atoms with Gasteiger partial charge in [-0.05, 0) is 37.3 Å². The fourth-order valence-electron chi connectivity index (χ4n) is 3.53. The van der Waals surface area contributed by atoms with Crippen molar-refractivity contribution in [2.24, 2.45) is 17.7 Å². The van der Waals surface area contributed by atoms with Crippen LogP contribution < -0.4 is 11.3 Å². The molecule has 0 bridgehead atoms. The molecule has 0 saturated carbocycles. The lowest BCUT2D eigenvalue weighted by Gasteiger charge is -2.29. The summed E-state index contributed by atoms with van der Waals surface area (Å²) in [4.78, 5) is 0. The van der Waals surface area contributed by atoms with Crippen LogP contribution in [0.1, 0.15) is 51.3 Å². The van der Waals surface area contributed by atoms with E-state index in [2.05, 4.69) is 57.4 Å². The SMILES string of the molecule is CCCc1cccc(C(NN)C2C(C)OC(C)C2C)c1. The van der Waals surface area contributed by atoms with Crippen molar-refractivity contribution in [2.45, 2.75) is 58.8 Å². The number of hydrazine groups is 1.